The minimum absolute atomic E-state index is 0. The highest BCUT2D eigenvalue weighted by Gasteiger charge is 2.21. The smallest absolute Gasteiger partial charge is 0.119 e. The lowest BCUT2D eigenvalue weighted by atomic mass is 9.87. The first kappa shape index (κ1) is 32.0. The fourth-order valence-electron chi connectivity index (χ4n) is 3.53. The Bertz CT molecular complexity index is 642. The average molecular weight is 471 g/mol. The van der Waals surface area contributed by atoms with Gasteiger partial charge in [0.05, 0.1) is 0 Å². The zero-order chi connectivity index (χ0) is 17.7. The molecule has 2 rings (SSSR count). The summed E-state index contributed by atoms with van der Waals surface area (Å²) in [6, 6.07) is 17.5. The number of hydrogen-bond donors (Lipinski definition) is 1. The quantitative estimate of drug-likeness (QED) is 0.469. The van der Waals surface area contributed by atoms with Gasteiger partial charge in [-0.05, 0) is 59.2 Å². The van der Waals surface area contributed by atoms with E-state index in [9.17, 15) is 5.11 Å². The summed E-state index contributed by atoms with van der Waals surface area (Å²) in [6.45, 7) is 12.1. The molecule has 0 aliphatic carbocycles. The maximum Gasteiger partial charge on any atom is 0.119 e. The average Bonchev–Trinajstić information content (AvgIpc) is 2.54. The molecule has 0 saturated carbocycles. The summed E-state index contributed by atoms with van der Waals surface area (Å²) in [5.74, 6) is 0.612. The summed E-state index contributed by atoms with van der Waals surface area (Å²) < 4.78 is 0. The van der Waals surface area contributed by atoms with Gasteiger partial charge in [0, 0.05) is 23.6 Å². The van der Waals surface area contributed by atoms with Crippen LogP contribution in [0.25, 0.3) is 0 Å². The molecule has 0 amide bonds. The number of aromatic hydroxyl groups is 1. The Balaban J connectivity index is -0.00000156. The molecule has 0 heterocycles. The van der Waals surface area contributed by atoms with Crippen LogP contribution in [0.2, 0.25) is 0 Å². The van der Waals surface area contributed by atoms with Gasteiger partial charge >= 0.3 is 0 Å². The monoisotopic (exact) mass is 469 g/mol. The van der Waals surface area contributed by atoms with Crippen molar-refractivity contribution in [3.63, 3.8) is 0 Å². The van der Waals surface area contributed by atoms with Gasteiger partial charge in [-0.2, -0.15) is 0 Å². The first-order valence-corrected chi connectivity index (χ1v) is 9.00. The van der Waals surface area contributed by atoms with Crippen LogP contribution in [0.4, 0.5) is 0 Å². The third-order valence-corrected chi connectivity index (χ3v) is 4.76. The van der Waals surface area contributed by atoms with Crippen LogP contribution in [-0.2, 0) is 0 Å². The lowest BCUT2D eigenvalue weighted by molar-refractivity contribution is 0.170. The second-order valence-electron chi connectivity index (χ2n) is 7.24. The zero-order valence-electron chi connectivity index (χ0n) is 17.3. The van der Waals surface area contributed by atoms with Gasteiger partial charge in [-0.1, -0.05) is 48.0 Å². The molecule has 0 bridgehead atoms. The van der Waals surface area contributed by atoms with Crippen molar-refractivity contribution in [3.05, 3.63) is 65.2 Å². The molecule has 162 valence electrons. The van der Waals surface area contributed by atoms with E-state index in [0.717, 1.165) is 18.5 Å². The second-order valence-corrected chi connectivity index (χ2v) is 7.24. The first-order chi connectivity index (χ1) is 11.4. The number of nitrogens with zero attached hydrogens (tertiary/aromatic N) is 1. The Kier molecular flexibility index (Phi) is 17.4. The molecular weight excluding hydrogens is 436 g/mol. The van der Waals surface area contributed by atoms with Crippen molar-refractivity contribution in [1.82, 2.24) is 4.90 Å². The Hall–Kier alpha value is -0.640. The Morgan fingerprint density at radius 1 is 0.821 bits per heavy atom. The molecule has 0 saturated heterocycles. The van der Waals surface area contributed by atoms with E-state index >= 15 is 0 Å². The number of phenolic OH excluding ortho intramolecular Hbond substituents is 1. The number of benzene rings is 2. The standard InChI is InChI=1S/C22H31NO.4ClH/c1-16(2)23(17(3)4)14-13-20(19-9-7-6-8-10-19)21-15-18(5)11-12-22(21)24;;;;/h6-12,15-17,20,24H,13-14H2,1-5H3;4*1H/t20-;;;;/m1..../s1. The maximum absolute atomic E-state index is 10.4. The lowest BCUT2D eigenvalue weighted by Gasteiger charge is -2.32. The SMILES string of the molecule is Cc1ccc(O)c([C@H](CCN(C(C)C)C(C)C)c2ccccc2)c1.Cl.Cl.Cl.Cl. The largest absolute Gasteiger partial charge is 0.508 e. The molecule has 0 spiro atoms. The van der Waals surface area contributed by atoms with Gasteiger partial charge in [-0.25, -0.2) is 0 Å². The summed E-state index contributed by atoms with van der Waals surface area (Å²) in [6.07, 6.45) is 0.997. The van der Waals surface area contributed by atoms with Crippen LogP contribution in [0.3, 0.4) is 0 Å². The van der Waals surface area contributed by atoms with E-state index in [0.29, 0.717) is 17.8 Å². The van der Waals surface area contributed by atoms with E-state index < -0.39 is 0 Å². The maximum atomic E-state index is 10.4. The Labute approximate surface area is 195 Å². The molecule has 0 aliphatic heterocycles. The summed E-state index contributed by atoms with van der Waals surface area (Å²) >= 11 is 0. The van der Waals surface area contributed by atoms with Crippen molar-refractivity contribution in [2.75, 3.05) is 6.54 Å². The van der Waals surface area contributed by atoms with Crippen LogP contribution in [0.15, 0.2) is 48.5 Å². The predicted octanol–water partition coefficient (Wildman–Crippen LogP) is 7.03. The van der Waals surface area contributed by atoms with Crippen molar-refractivity contribution in [1.29, 1.82) is 0 Å². The molecule has 0 radical (unpaired) electrons. The molecule has 2 nitrogen and oxygen atoms in total. The lowest BCUT2D eigenvalue weighted by Crippen LogP contribution is -2.38. The zero-order valence-corrected chi connectivity index (χ0v) is 20.6. The van der Waals surface area contributed by atoms with Gasteiger partial charge in [0.1, 0.15) is 5.75 Å². The third-order valence-electron chi connectivity index (χ3n) is 4.76. The van der Waals surface area contributed by atoms with Gasteiger partial charge in [-0.3, -0.25) is 4.90 Å². The van der Waals surface area contributed by atoms with E-state index in [-0.39, 0.29) is 55.5 Å². The number of aryl methyl sites for hydroxylation is 1. The molecule has 1 N–H and O–H groups in total. The van der Waals surface area contributed by atoms with Crippen LogP contribution in [0.5, 0.6) is 5.75 Å². The number of rotatable bonds is 7. The molecule has 0 aliphatic rings. The van der Waals surface area contributed by atoms with E-state index in [2.05, 4.69) is 69.9 Å². The highest BCUT2D eigenvalue weighted by molar-refractivity contribution is 5.86. The van der Waals surface area contributed by atoms with Crippen molar-refractivity contribution in [3.8, 4) is 5.75 Å². The third kappa shape index (κ3) is 8.80. The molecule has 1 atom stereocenters. The van der Waals surface area contributed by atoms with Crippen molar-refractivity contribution < 1.29 is 5.11 Å². The van der Waals surface area contributed by atoms with Crippen LogP contribution in [0, 0.1) is 6.92 Å². The van der Waals surface area contributed by atoms with Gasteiger partial charge in [0.25, 0.3) is 0 Å². The van der Waals surface area contributed by atoms with Crippen LogP contribution in [0.1, 0.15) is 56.7 Å². The summed E-state index contributed by atoms with van der Waals surface area (Å²) in [5, 5.41) is 10.4. The summed E-state index contributed by atoms with van der Waals surface area (Å²) in [5.41, 5.74) is 3.49. The van der Waals surface area contributed by atoms with Crippen LogP contribution >= 0.6 is 49.6 Å². The normalized spacial score (nSPS) is 11.1. The molecule has 6 heteroatoms. The second kappa shape index (κ2) is 15.2. The molecule has 28 heavy (non-hydrogen) atoms. The van der Waals surface area contributed by atoms with E-state index in [4.69, 9.17) is 0 Å². The summed E-state index contributed by atoms with van der Waals surface area (Å²) in [7, 11) is 0. The van der Waals surface area contributed by atoms with Crippen LogP contribution < -0.4 is 0 Å². The summed E-state index contributed by atoms with van der Waals surface area (Å²) in [4.78, 5) is 2.52. The Morgan fingerprint density at radius 2 is 1.36 bits per heavy atom. The molecule has 0 unspecified atom stereocenters. The van der Waals surface area contributed by atoms with Gasteiger partial charge < -0.3 is 5.11 Å². The minimum Gasteiger partial charge on any atom is -0.508 e. The van der Waals surface area contributed by atoms with Crippen LogP contribution in [-0.4, -0.2) is 28.6 Å². The molecular formula is C22H35Cl4NO. The van der Waals surface area contributed by atoms with E-state index in [1.165, 1.54) is 11.1 Å². The minimum atomic E-state index is 0. The highest BCUT2D eigenvalue weighted by Crippen LogP contribution is 2.35. The van der Waals surface area contributed by atoms with Crippen molar-refractivity contribution in [2.45, 2.75) is 59.0 Å². The highest BCUT2D eigenvalue weighted by atomic mass is 35.5. The van der Waals surface area contributed by atoms with Gasteiger partial charge in [0.2, 0.25) is 0 Å². The number of phenols is 1. The fraction of sp³-hybridized carbons (Fsp3) is 0.455. The first-order valence-electron chi connectivity index (χ1n) is 9.00. The molecule has 0 aromatic heterocycles. The van der Waals surface area contributed by atoms with E-state index in [1.807, 2.05) is 18.2 Å². The number of hydrogen-bond acceptors (Lipinski definition) is 2. The number of halogens is 4. The van der Waals surface area contributed by atoms with E-state index in [1.54, 1.807) is 0 Å². The van der Waals surface area contributed by atoms with Crippen molar-refractivity contribution in [2.24, 2.45) is 0 Å². The topological polar surface area (TPSA) is 23.5 Å². The van der Waals surface area contributed by atoms with Gasteiger partial charge in [0.15, 0.2) is 0 Å². The van der Waals surface area contributed by atoms with Crippen molar-refractivity contribution >= 4 is 49.6 Å². The predicted molar refractivity (Wildman–Crippen MR) is 132 cm³/mol. The molecule has 0 fully saturated rings. The molecule has 2 aromatic carbocycles. The fourth-order valence-corrected chi connectivity index (χ4v) is 3.53. The Morgan fingerprint density at radius 3 is 1.86 bits per heavy atom. The van der Waals surface area contributed by atoms with Gasteiger partial charge in [-0.15, -0.1) is 49.6 Å². The molecule has 2 aromatic rings.